The lowest BCUT2D eigenvalue weighted by molar-refractivity contribution is 0.687. The van der Waals surface area contributed by atoms with E-state index >= 15 is 0 Å². The molecule has 0 bridgehead atoms. The Hall–Kier alpha value is -0.880. The van der Waals surface area contributed by atoms with Gasteiger partial charge in [-0.2, -0.15) is 5.10 Å². The SMILES string of the molecule is Cn1cc(CNC2CC2)c(-c2ccc(I)cc2)n1. The lowest BCUT2D eigenvalue weighted by Crippen LogP contribution is -2.15. The highest BCUT2D eigenvalue weighted by molar-refractivity contribution is 14.1. The first kappa shape index (κ1) is 12.2. The highest BCUT2D eigenvalue weighted by atomic mass is 127. The second-order valence-electron chi connectivity index (χ2n) is 4.84. The van der Waals surface area contributed by atoms with Crippen molar-refractivity contribution >= 4 is 22.6 Å². The largest absolute Gasteiger partial charge is 0.310 e. The lowest BCUT2D eigenvalue weighted by Gasteiger charge is -2.04. The monoisotopic (exact) mass is 353 g/mol. The number of benzene rings is 1. The Labute approximate surface area is 121 Å². The van der Waals surface area contributed by atoms with Gasteiger partial charge in [0.1, 0.15) is 0 Å². The Morgan fingerprint density at radius 2 is 2.06 bits per heavy atom. The van der Waals surface area contributed by atoms with Gasteiger partial charge < -0.3 is 5.32 Å². The summed E-state index contributed by atoms with van der Waals surface area (Å²) in [5, 5.41) is 8.14. The molecular weight excluding hydrogens is 337 g/mol. The average molecular weight is 353 g/mol. The Kier molecular flexibility index (Phi) is 3.39. The van der Waals surface area contributed by atoms with Crippen molar-refractivity contribution in [1.29, 1.82) is 0 Å². The van der Waals surface area contributed by atoms with E-state index in [-0.39, 0.29) is 0 Å². The Morgan fingerprint density at radius 1 is 1.33 bits per heavy atom. The summed E-state index contributed by atoms with van der Waals surface area (Å²) >= 11 is 2.33. The molecule has 1 aliphatic rings. The third kappa shape index (κ3) is 2.75. The second kappa shape index (κ2) is 5.01. The van der Waals surface area contributed by atoms with Crippen molar-refractivity contribution in [3.05, 3.63) is 39.6 Å². The first-order chi connectivity index (χ1) is 8.72. The zero-order valence-electron chi connectivity index (χ0n) is 10.4. The third-order valence-corrected chi connectivity index (χ3v) is 3.90. The summed E-state index contributed by atoms with van der Waals surface area (Å²) < 4.78 is 3.15. The van der Waals surface area contributed by atoms with Crippen LogP contribution in [-0.4, -0.2) is 15.8 Å². The predicted molar refractivity (Wildman–Crippen MR) is 81.2 cm³/mol. The maximum absolute atomic E-state index is 4.58. The standard InChI is InChI=1S/C14H16IN3/c1-18-9-11(8-16-13-6-7-13)14(17-18)10-2-4-12(15)5-3-10/h2-5,9,13,16H,6-8H2,1H3. The zero-order chi connectivity index (χ0) is 12.5. The first-order valence-corrected chi connectivity index (χ1v) is 7.32. The first-order valence-electron chi connectivity index (χ1n) is 6.24. The molecule has 0 spiro atoms. The van der Waals surface area contributed by atoms with Crippen molar-refractivity contribution in [3.63, 3.8) is 0 Å². The molecule has 0 unspecified atom stereocenters. The van der Waals surface area contributed by atoms with Gasteiger partial charge in [0.05, 0.1) is 5.69 Å². The molecule has 1 aromatic carbocycles. The van der Waals surface area contributed by atoms with Gasteiger partial charge in [0.2, 0.25) is 0 Å². The van der Waals surface area contributed by atoms with E-state index in [1.54, 1.807) is 0 Å². The fourth-order valence-electron chi connectivity index (χ4n) is 2.06. The normalized spacial score (nSPS) is 15.0. The number of halogens is 1. The van der Waals surface area contributed by atoms with E-state index in [4.69, 9.17) is 0 Å². The van der Waals surface area contributed by atoms with Crippen LogP contribution in [0.5, 0.6) is 0 Å². The highest BCUT2D eigenvalue weighted by Gasteiger charge is 2.21. The van der Waals surface area contributed by atoms with Gasteiger partial charge in [-0.1, -0.05) is 12.1 Å². The summed E-state index contributed by atoms with van der Waals surface area (Å²) in [5.41, 5.74) is 3.58. The van der Waals surface area contributed by atoms with Crippen LogP contribution in [0.4, 0.5) is 0 Å². The summed E-state index contributed by atoms with van der Waals surface area (Å²) in [7, 11) is 1.98. The van der Waals surface area contributed by atoms with Gasteiger partial charge in [0.25, 0.3) is 0 Å². The molecule has 0 saturated heterocycles. The van der Waals surface area contributed by atoms with E-state index < -0.39 is 0 Å². The molecule has 4 heteroatoms. The van der Waals surface area contributed by atoms with E-state index in [0.29, 0.717) is 0 Å². The van der Waals surface area contributed by atoms with Gasteiger partial charge in [-0.05, 0) is 47.6 Å². The molecule has 2 aromatic rings. The summed E-state index contributed by atoms with van der Waals surface area (Å²) in [5.74, 6) is 0. The van der Waals surface area contributed by atoms with Gasteiger partial charge in [0, 0.05) is 40.5 Å². The van der Waals surface area contributed by atoms with E-state index in [1.165, 1.54) is 27.5 Å². The van der Waals surface area contributed by atoms with Crippen LogP contribution in [0.15, 0.2) is 30.5 Å². The second-order valence-corrected chi connectivity index (χ2v) is 6.08. The quantitative estimate of drug-likeness (QED) is 0.857. The number of nitrogens with zero attached hydrogens (tertiary/aromatic N) is 2. The topological polar surface area (TPSA) is 29.9 Å². The smallest absolute Gasteiger partial charge is 0.0967 e. The molecule has 0 atom stereocenters. The van der Waals surface area contributed by atoms with Crippen molar-refractivity contribution in [1.82, 2.24) is 15.1 Å². The van der Waals surface area contributed by atoms with E-state index in [9.17, 15) is 0 Å². The summed E-state index contributed by atoms with van der Waals surface area (Å²) in [6.07, 6.45) is 4.75. The molecule has 18 heavy (non-hydrogen) atoms. The van der Waals surface area contributed by atoms with E-state index in [2.05, 4.69) is 63.5 Å². The number of rotatable bonds is 4. The Morgan fingerprint density at radius 3 is 2.72 bits per heavy atom. The minimum Gasteiger partial charge on any atom is -0.310 e. The molecule has 1 aliphatic carbocycles. The van der Waals surface area contributed by atoms with E-state index in [0.717, 1.165) is 18.3 Å². The molecule has 1 heterocycles. The molecule has 1 fully saturated rings. The number of aromatic nitrogens is 2. The maximum Gasteiger partial charge on any atom is 0.0967 e. The van der Waals surface area contributed by atoms with Gasteiger partial charge >= 0.3 is 0 Å². The molecule has 3 rings (SSSR count). The fourth-order valence-corrected chi connectivity index (χ4v) is 2.42. The Bertz CT molecular complexity index is 541. The van der Waals surface area contributed by atoms with E-state index in [1.807, 2.05) is 11.7 Å². The summed E-state index contributed by atoms with van der Waals surface area (Å²) in [6, 6.07) is 9.27. The minimum absolute atomic E-state index is 0.731. The fraction of sp³-hybridized carbons (Fsp3) is 0.357. The Balaban J connectivity index is 1.86. The number of nitrogens with one attached hydrogen (secondary N) is 1. The van der Waals surface area contributed by atoms with Crippen LogP contribution in [0.3, 0.4) is 0 Å². The molecule has 0 amide bonds. The maximum atomic E-state index is 4.58. The van der Waals surface area contributed by atoms with Gasteiger partial charge in [-0.15, -0.1) is 0 Å². The van der Waals surface area contributed by atoms with Crippen molar-refractivity contribution in [3.8, 4) is 11.3 Å². The van der Waals surface area contributed by atoms with Gasteiger partial charge in [0.15, 0.2) is 0 Å². The van der Waals surface area contributed by atoms with Crippen molar-refractivity contribution in [2.75, 3.05) is 0 Å². The lowest BCUT2D eigenvalue weighted by atomic mass is 10.1. The number of hydrogen-bond acceptors (Lipinski definition) is 2. The molecule has 0 aliphatic heterocycles. The minimum atomic E-state index is 0.731. The number of hydrogen-bond donors (Lipinski definition) is 1. The molecule has 1 saturated carbocycles. The van der Waals surface area contributed by atoms with Gasteiger partial charge in [-0.25, -0.2) is 0 Å². The molecule has 3 nitrogen and oxygen atoms in total. The summed E-state index contributed by atoms with van der Waals surface area (Å²) in [6.45, 7) is 0.916. The van der Waals surface area contributed by atoms with Crippen LogP contribution in [0.25, 0.3) is 11.3 Å². The number of aryl methyl sites for hydroxylation is 1. The molecule has 1 aromatic heterocycles. The summed E-state index contributed by atoms with van der Waals surface area (Å²) in [4.78, 5) is 0. The molecular formula is C14H16IN3. The highest BCUT2D eigenvalue weighted by Crippen LogP contribution is 2.24. The van der Waals surface area contributed by atoms with Crippen LogP contribution >= 0.6 is 22.6 Å². The third-order valence-electron chi connectivity index (χ3n) is 3.18. The van der Waals surface area contributed by atoms with Crippen LogP contribution in [0, 0.1) is 3.57 Å². The predicted octanol–water partition coefficient (Wildman–Crippen LogP) is 2.94. The van der Waals surface area contributed by atoms with Crippen molar-refractivity contribution in [2.24, 2.45) is 7.05 Å². The zero-order valence-corrected chi connectivity index (χ0v) is 12.5. The van der Waals surface area contributed by atoms with Crippen LogP contribution < -0.4 is 5.32 Å². The van der Waals surface area contributed by atoms with Crippen LogP contribution in [0.2, 0.25) is 0 Å². The van der Waals surface area contributed by atoms with Gasteiger partial charge in [-0.3, -0.25) is 4.68 Å². The molecule has 1 N–H and O–H groups in total. The van der Waals surface area contributed by atoms with Crippen molar-refractivity contribution in [2.45, 2.75) is 25.4 Å². The van der Waals surface area contributed by atoms with Crippen molar-refractivity contribution < 1.29 is 0 Å². The molecule has 94 valence electrons. The van der Waals surface area contributed by atoms with Crippen LogP contribution in [-0.2, 0) is 13.6 Å². The molecule has 0 radical (unpaired) electrons. The van der Waals surface area contributed by atoms with Crippen LogP contribution in [0.1, 0.15) is 18.4 Å². The average Bonchev–Trinajstić information content (AvgIpc) is 3.11.